The third-order valence-electron chi connectivity index (χ3n) is 4.34. The third kappa shape index (κ3) is 4.16. The summed E-state index contributed by atoms with van der Waals surface area (Å²) < 4.78 is 34.6. The maximum absolute atomic E-state index is 12.9. The normalized spacial score (nSPS) is 33.2. The van der Waals surface area contributed by atoms with E-state index in [1.807, 2.05) is 13.8 Å². The fourth-order valence-corrected chi connectivity index (χ4v) is 5.06. The Morgan fingerprint density at radius 3 is 2.76 bits per heavy atom. The van der Waals surface area contributed by atoms with Crippen molar-refractivity contribution in [2.24, 2.45) is 5.92 Å². The molecule has 3 unspecified atom stereocenters. The molecule has 0 aliphatic carbocycles. The SMILES string of the molecule is CCNCC1CCCN(S(=O)(=O)N2CC(C)OCC2C)C1. The van der Waals surface area contributed by atoms with E-state index < -0.39 is 10.2 Å². The second-order valence-electron chi connectivity index (χ2n) is 6.24. The van der Waals surface area contributed by atoms with E-state index in [1.165, 1.54) is 0 Å². The largest absolute Gasteiger partial charge is 0.375 e. The van der Waals surface area contributed by atoms with Gasteiger partial charge in [0.05, 0.1) is 12.7 Å². The van der Waals surface area contributed by atoms with E-state index in [2.05, 4.69) is 12.2 Å². The molecule has 6 nitrogen and oxygen atoms in total. The first-order valence-corrected chi connectivity index (χ1v) is 9.44. The monoisotopic (exact) mass is 319 g/mol. The molecule has 1 N–H and O–H groups in total. The van der Waals surface area contributed by atoms with Gasteiger partial charge in [0.1, 0.15) is 0 Å². The van der Waals surface area contributed by atoms with Gasteiger partial charge in [-0.1, -0.05) is 6.92 Å². The summed E-state index contributed by atoms with van der Waals surface area (Å²) in [5, 5.41) is 3.33. The molecule has 0 spiro atoms. The van der Waals surface area contributed by atoms with Crippen LogP contribution in [-0.4, -0.2) is 68.5 Å². The fraction of sp³-hybridized carbons (Fsp3) is 1.00. The Labute approximate surface area is 129 Å². The zero-order chi connectivity index (χ0) is 15.5. The predicted octanol–water partition coefficient (Wildman–Crippen LogP) is 0.662. The summed E-state index contributed by atoms with van der Waals surface area (Å²) in [6.07, 6.45) is 2.02. The first-order valence-electron chi connectivity index (χ1n) is 8.04. The van der Waals surface area contributed by atoms with Gasteiger partial charge in [-0.2, -0.15) is 17.0 Å². The van der Waals surface area contributed by atoms with Crippen molar-refractivity contribution < 1.29 is 13.2 Å². The molecular weight excluding hydrogens is 290 g/mol. The highest BCUT2D eigenvalue weighted by Crippen LogP contribution is 2.24. The van der Waals surface area contributed by atoms with Crippen molar-refractivity contribution in [2.45, 2.75) is 45.8 Å². The van der Waals surface area contributed by atoms with Crippen LogP contribution in [0.15, 0.2) is 0 Å². The minimum Gasteiger partial charge on any atom is -0.375 e. The molecule has 7 heteroatoms. The topological polar surface area (TPSA) is 61.9 Å². The van der Waals surface area contributed by atoms with Gasteiger partial charge in [0.2, 0.25) is 0 Å². The van der Waals surface area contributed by atoms with Gasteiger partial charge in [0.15, 0.2) is 0 Å². The average Bonchev–Trinajstić information content (AvgIpc) is 2.48. The lowest BCUT2D eigenvalue weighted by molar-refractivity contribution is -0.0195. The van der Waals surface area contributed by atoms with Crippen molar-refractivity contribution in [3.63, 3.8) is 0 Å². The number of nitrogens with one attached hydrogen (secondary N) is 1. The maximum atomic E-state index is 12.9. The molecule has 0 aromatic heterocycles. The number of morpholine rings is 1. The molecule has 2 saturated heterocycles. The molecule has 0 amide bonds. The van der Waals surface area contributed by atoms with E-state index in [1.54, 1.807) is 8.61 Å². The van der Waals surface area contributed by atoms with E-state index in [9.17, 15) is 8.42 Å². The number of nitrogens with zero attached hydrogens (tertiary/aromatic N) is 2. The lowest BCUT2D eigenvalue weighted by Gasteiger charge is -2.41. The van der Waals surface area contributed by atoms with Crippen LogP contribution in [0.4, 0.5) is 0 Å². The van der Waals surface area contributed by atoms with Gasteiger partial charge in [0, 0.05) is 25.7 Å². The lowest BCUT2D eigenvalue weighted by Crippen LogP contribution is -2.56. The first kappa shape index (κ1) is 17.1. The standard InChI is InChI=1S/C14H29N3O3S/c1-4-15-8-14-6-5-7-16(10-14)21(18,19)17-9-13(3)20-11-12(17)2/h12-15H,4-11H2,1-3H3. The van der Waals surface area contributed by atoms with Crippen molar-refractivity contribution in [3.05, 3.63) is 0 Å². The van der Waals surface area contributed by atoms with E-state index >= 15 is 0 Å². The van der Waals surface area contributed by atoms with Crippen molar-refractivity contribution >= 4 is 10.2 Å². The van der Waals surface area contributed by atoms with Gasteiger partial charge >= 0.3 is 0 Å². The van der Waals surface area contributed by atoms with E-state index in [-0.39, 0.29) is 12.1 Å². The second kappa shape index (κ2) is 7.37. The van der Waals surface area contributed by atoms with Crippen molar-refractivity contribution in [1.29, 1.82) is 0 Å². The Morgan fingerprint density at radius 1 is 1.29 bits per heavy atom. The van der Waals surface area contributed by atoms with Crippen LogP contribution >= 0.6 is 0 Å². The molecule has 21 heavy (non-hydrogen) atoms. The number of hydrogen-bond donors (Lipinski definition) is 1. The molecular formula is C14H29N3O3S. The molecule has 2 rings (SSSR count). The third-order valence-corrected chi connectivity index (χ3v) is 6.42. The Hall–Kier alpha value is -0.210. The van der Waals surface area contributed by atoms with Gasteiger partial charge < -0.3 is 10.1 Å². The smallest absolute Gasteiger partial charge is 0.282 e. The minimum atomic E-state index is -3.37. The summed E-state index contributed by atoms with van der Waals surface area (Å²) in [5.74, 6) is 0.419. The fourth-order valence-electron chi connectivity index (χ4n) is 3.09. The van der Waals surface area contributed by atoms with Gasteiger partial charge in [-0.05, 0) is 45.7 Å². The predicted molar refractivity (Wildman–Crippen MR) is 83.3 cm³/mol. The van der Waals surface area contributed by atoms with Crippen molar-refractivity contribution in [1.82, 2.24) is 13.9 Å². The summed E-state index contributed by atoms with van der Waals surface area (Å²) in [7, 11) is -3.37. The average molecular weight is 319 g/mol. The van der Waals surface area contributed by atoms with Crippen molar-refractivity contribution in [3.8, 4) is 0 Å². The molecule has 0 radical (unpaired) electrons. The van der Waals surface area contributed by atoms with Crippen LogP contribution in [0.2, 0.25) is 0 Å². The summed E-state index contributed by atoms with van der Waals surface area (Å²) in [6, 6.07) is -0.0830. The first-order chi connectivity index (χ1) is 9.95. The summed E-state index contributed by atoms with van der Waals surface area (Å²) in [5.41, 5.74) is 0. The van der Waals surface area contributed by atoms with Gasteiger partial charge in [0.25, 0.3) is 10.2 Å². The van der Waals surface area contributed by atoms with Gasteiger partial charge in [-0.15, -0.1) is 0 Å². The highest BCUT2D eigenvalue weighted by Gasteiger charge is 2.38. The van der Waals surface area contributed by atoms with Crippen molar-refractivity contribution in [2.75, 3.05) is 39.3 Å². The Bertz CT molecular complexity index is 429. The van der Waals surface area contributed by atoms with Crippen LogP contribution in [0.1, 0.15) is 33.6 Å². The number of hydrogen-bond acceptors (Lipinski definition) is 4. The van der Waals surface area contributed by atoms with Crippen LogP contribution in [0, 0.1) is 5.92 Å². The molecule has 0 bridgehead atoms. The minimum absolute atomic E-state index is 0.0293. The van der Waals surface area contributed by atoms with E-state index in [4.69, 9.17) is 4.74 Å². The van der Waals surface area contributed by atoms with E-state index in [0.29, 0.717) is 32.2 Å². The maximum Gasteiger partial charge on any atom is 0.282 e. The van der Waals surface area contributed by atoms with Crippen LogP contribution in [-0.2, 0) is 14.9 Å². The second-order valence-corrected chi connectivity index (χ2v) is 8.13. The molecule has 2 heterocycles. The van der Waals surface area contributed by atoms with Crippen LogP contribution in [0.3, 0.4) is 0 Å². The van der Waals surface area contributed by atoms with Crippen LogP contribution in [0.5, 0.6) is 0 Å². The molecule has 0 saturated carbocycles. The van der Waals surface area contributed by atoms with E-state index in [0.717, 1.165) is 25.9 Å². The highest BCUT2D eigenvalue weighted by molar-refractivity contribution is 7.86. The Morgan fingerprint density at radius 2 is 2.05 bits per heavy atom. The molecule has 3 atom stereocenters. The zero-order valence-electron chi connectivity index (χ0n) is 13.4. The molecule has 124 valence electrons. The number of piperidine rings is 1. The molecule has 0 aromatic carbocycles. The molecule has 0 aromatic rings. The lowest BCUT2D eigenvalue weighted by atomic mass is 10.00. The van der Waals surface area contributed by atoms with Crippen LogP contribution < -0.4 is 5.32 Å². The van der Waals surface area contributed by atoms with Crippen LogP contribution in [0.25, 0.3) is 0 Å². The summed E-state index contributed by atoms with van der Waals surface area (Å²) in [4.78, 5) is 0. The molecule has 2 aliphatic heterocycles. The number of ether oxygens (including phenoxy) is 1. The molecule has 2 aliphatic rings. The quantitative estimate of drug-likeness (QED) is 0.809. The molecule has 2 fully saturated rings. The summed E-state index contributed by atoms with van der Waals surface area (Å²) >= 11 is 0. The van der Waals surface area contributed by atoms with Gasteiger partial charge in [-0.3, -0.25) is 0 Å². The Balaban J connectivity index is 2.03. The van der Waals surface area contributed by atoms with Gasteiger partial charge in [-0.25, -0.2) is 0 Å². The highest BCUT2D eigenvalue weighted by atomic mass is 32.2. The Kier molecular flexibility index (Phi) is 6.02. The number of rotatable bonds is 5. The zero-order valence-corrected chi connectivity index (χ0v) is 14.2. The summed E-state index contributed by atoms with van der Waals surface area (Å²) in [6.45, 7) is 9.97.